The highest BCUT2D eigenvalue weighted by Crippen LogP contribution is 2.12. The fourth-order valence-corrected chi connectivity index (χ4v) is 5.18. The summed E-state index contributed by atoms with van der Waals surface area (Å²) in [6, 6.07) is -0.732. The fraction of sp³-hybridized carbons (Fsp3) is 0.690. The Hall–Kier alpha value is -2.97. The van der Waals surface area contributed by atoms with Crippen molar-refractivity contribution in [3.63, 3.8) is 0 Å². The van der Waals surface area contributed by atoms with E-state index in [0.717, 1.165) is 103 Å². The highest BCUT2D eigenvalue weighted by atomic mass is 16.6. The molecule has 0 fully saturated rings. The number of nitrogens with zero attached hydrogens (tertiary/aromatic N) is 1. The molecule has 0 aromatic rings. The van der Waals surface area contributed by atoms with Gasteiger partial charge in [-0.15, -0.1) is 0 Å². The van der Waals surface area contributed by atoms with Crippen LogP contribution in [0.25, 0.3) is 0 Å². The van der Waals surface area contributed by atoms with E-state index in [-0.39, 0.29) is 42.7 Å². The van der Waals surface area contributed by atoms with Crippen molar-refractivity contribution < 1.29 is 38.2 Å². The van der Waals surface area contributed by atoms with Crippen molar-refractivity contribution in [2.75, 3.05) is 41.0 Å². The normalized spacial score (nSPS) is 13.7. The van der Waals surface area contributed by atoms with Gasteiger partial charge in [-0.3, -0.25) is 9.59 Å². The van der Waals surface area contributed by atoms with Crippen LogP contribution in [0.1, 0.15) is 136 Å². The summed E-state index contributed by atoms with van der Waals surface area (Å²) in [6.07, 6.45) is 38.2. The fourth-order valence-electron chi connectivity index (χ4n) is 5.18. The second-order valence-electron chi connectivity index (χ2n) is 13.7. The van der Waals surface area contributed by atoms with Crippen LogP contribution in [-0.4, -0.2) is 75.5 Å². The Morgan fingerprint density at radius 1 is 0.600 bits per heavy atom. The van der Waals surface area contributed by atoms with Crippen LogP contribution in [0.2, 0.25) is 0 Å². The summed E-state index contributed by atoms with van der Waals surface area (Å²) in [5.41, 5.74) is 0. The van der Waals surface area contributed by atoms with Gasteiger partial charge < -0.3 is 28.6 Å². The number of carboxylic acid groups (broad SMARTS) is 1. The molecular weight excluding hydrogens is 630 g/mol. The molecule has 2 unspecified atom stereocenters. The number of hydrogen-bond donors (Lipinski definition) is 0. The summed E-state index contributed by atoms with van der Waals surface area (Å²) in [7, 11) is 5.38. The summed E-state index contributed by atoms with van der Waals surface area (Å²) >= 11 is 0. The number of aliphatic carboxylic acids is 1. The molecule has 50 heavy (non-hydrogen) atoms. The van der Waals surface area contributed by atoms with E-state index in [4.69, 9.17) is 14.2 Å². The number of quaternary nitrogens is 1. The van der Waals surface area contributed by atoms with Gasteiger partial charge in [0, 0.05) is 19.3 Å². The average molecular weight is 702 g/mol. The van der Waals surface area contributed by atoms with Gasteiger partial charge in [0.1, 0.15) is 12.6 Å². The number of esters is 2. The van der Waals surface area contributed by atoms with Crippen molar-refractivity contribution in [1.82, 2.24) is 0 Å². The highest BCUT2D eigenvalue weighted by molar-refractivity contribution is 5.70. The van der Waals surface area contributed by atoms with E-state index in [0.29, 0.717) is 12.8 Å². The van der Waals surface area contributed by atoms with Crippen molar-refractivity contribution in [2.45, 2.75) is 148 Å². The van der Waals surface area contributed by atoms with Gasteiger partial charge in [0.2, 0.25) is 0 Å². The first-order valence-corrected chi connectivity index (χ1v) is 19.3. The van der Waals surface area contributed by atoms with Gasteiger partial charge in [-0.1, -0.05) is 107 Å². The monoisotopic (exact) mass is 702 g/mol. The van der Waals surface area contributed by atoms with E-state index in [1.165, 1.54) is 0 Å². The maximum absolute atomic E-state index is 12.6. The maximum atomic E-state index is 12.6. The topological polar surface area (TPSA) is 102 Å². The molecule has 0 saturated heterocycles. The van der Waals surface area contributed by atoms with Gasteiger partial charge >= 0.3 is 11.9 Å². The zero-order valence-corrected chi connectivity index (χ0v) is 32.3. The van der Waals surface area contributed by atoms with Crippen LogP contribution in [0.5, 0.6) is 0 Å². The molecule has 0 bridgehead atoms. The molecule has 0 aliphatic rings. The molecule has 8 nitrogen and oxygen atoms in total. The van der Waals surface area contributed by atoms with Gasteiger partial charge in [-0.25, -0.2) is 0 Å². The van der Waals surface area contributed by atoms with Crippen molar-refractivity contribution in [2.24, 2.45) is 0 Å². The third kappa shape index (κ3) is 31.0. The number of rotatable bonds is 33. The van der Waals surface area contributed by atoms with E-state index in [1.54, 1.807) is 21.1 Å². The third-order valence-corrected chi connectivity index (χ3v) is 8.15. The predicted octanol–water partition coefficient (Wildman–Crippen LogP) is 8.52. The van der Waals surface area contributed by atoms with E-state index < -0.39 is 18.1 Å². The summed E-state index contributed by atoms with van der Waals surface area (Å²) in [5.74, 6) is -1.79. The quantitative estimate of drug-likeness (QED) is 0.0293. The zero-order valence-electron chi connectivity index (χ0n) is 32.3. The summed E-state index contributed by atoms with van der Waals surface area (Å²) in [4.78, 5) is 36.7. The minimum absolute atomic E-state index is 0.0247. The number of carbonyl (C=O) groups excluding carboxylic acids is 3. The first-order chi connectivity index (χ1) is 24.1. The number of hydrogen-bond acceptors (Lipinski definition) is 7. The molecule has 0 saturated carbocycles. The lowest BCUT2D eigenvalue weighted by atomic mass is 10.1. The van der Waals surface area contributed by atoms with Crippen LogP contribution >= 0.6 is 0 Å². The first-order valence-electron chi connectivity index (χ1n) is 19.3. The molecule has 0 amide bonds. The molecule has 0 heterocycles. The lowest BCUT2D eigenvalue weighted by molar-refractivity contribution is -0.889. The van der Waals surface area contributed by atoms with Crippen molar-refractivity contribution in [3.8, 4) is 0 Å². The number of likely N-dealkylation sites (N-methyl/N-ethyl adjacent to an activating group) is 1. The SMILES string of the molecule is CC/C=C/C/C=C/C/C=C/CCCCCCC(=O)OCC(COCCC(C(=O)[O-])[N+](C)(C)C)OC(=O)CCCCCCC/C=C/C/C=C/CC. The minimum atomic E-state index is -1.13. The molecule has 0 aromatic heterocycles. The van der Waals surface area contributed by atoms with E-state index in [9.17, 15) is 19.5 Å². The number of carbonyl (C=O) groups is 3. The summed E-state index contributed by atoms with van der Waals surface area (Å²) in [5, 5.41) is 11.6. The maximum Gasteiger partial charge on any atom is 0.306 e. The van der Waals surface area contributed by atoms with Crippen LogP contribution in [0.3, 0.4) is 0 Å². The second-order valence-corrected chi connectivity index (χ2v) is 13.7. The Morgan fingerprint density at radius 3 is 1.56 bits per heavy atom. The van der Waals surface area contributed by atoms with Gasteiger partial charge in [-0.05, 0) is 70.6 Å². The lowest BCUT2D eigenvalue weighted by Gasteiger charge is -2.34. The standard InChI is InChI=1S/C42H71NO7/c1-6-8-10-12-14-16-18-20-21-23-24-26-28-30-32-40(44)49-37-38(36-48-35-34-39(42(46)47)43(3,4)5)50-41(45)33-31-29-27-25-22-19-17-15-13-11-9-7-2/h8-11,14-17,20-21,38-39H,6-7,12-13,18-19,22-37H2,1-5H3/b10-8+,11-9+,16-14+,17-15+,21-20+. The van der Waals surface area contributed by atoms with E-state index in [2.05, 4.69) is 74.6 Å². The van der Waals surface area contributed by atoms with Crippen LogP contribution in [0, 0.1) is 0 Å². The molecular formula is C42H71NO7. The van der Waals surface area contributed by atoms with Crippen LogP contribution in [0.4, 0.5) is 0 Å². The van der Waals surface area contributed by atoms with E-state index in [1.807, 2.05) is 0 Å². The molecule has 0 N–H and O–H groups in total. The summed E-state index contributed by atoms with van der Waals surface area (Å²) < 4.78 is 17.0. The zero-order chi connectivity index (χ0) is 37.1. The van der Waals surface area contributed by atoms with Crippen molar-refractivity contribution in [3.05, 3.63) is 60.8 Å². The molecule has 0 spiro atoms. The Kier molecular flexibility index (Phi) is 31.2. The van der Waals surface area contributed by atoms with Crippen LogP contribution < -0.4 is 5.11 Å². The molecule has 286 valence electrons. The third-order valence-electron chi connectivity index (χ3n) is 8.15. The summed E-state index contributed by atoms with van der Waals surface area (Å²) in [6.45, 7) is 4.37. The molecule has 8 heteroatoms. The molecule has 0 radical (unpaired) electrons. The lowest BCUT2D eigenvalue weighted by Crippen LogP contribution is -2.55. The van der Waals surface area contributed by atoms with Gasteiger partial charge in [0.15, 0.2) is 6.10 Å². The Balaban J connectivity index is 4.48. The Bertz CT molecular complexity index is 1010. The van der Waals surface area contributed by atoms with Gasteiger partial charge in [0.25, 0.3) is 0 Å². The molecule has 0 aromatic carbocycles. The average Bonchev–Trinajstić information content (AvgIpc) is 3.06. The van der Waals surface area contributed by atoms with Gasteiger partial charge in [-0.2, -0.15) is 0 Å². The van der Waals surface area contributed by atoms with Crippen LogP contribution in [0.15, 0.2) is 60.8 Å². The molecule has 2 atom stereocenters. The van der Waals surface area contributed by atoms with Crippen LogP contribution in [-0.2, 0) is 28.6 Å². The highest BCUT2D eigenvalue weighted by Gasteiger charge is 2.25. The molecule has 0 aliphatic heterocycles. The number of ether oxygens (including phenoxy) is 3. The van der Waals surface area contributed by atoms with Gasteiger partial charge in [0.05, 0.1) is 40.3 Å². The molecule has 0 aliphatic carbocycles. The van der Waals surface area contributed by atoms with E-state index >= 15 is 0 Å². The smallest absolute Gasteiger partial charge is 0.306 e. The van der Waals surface area contributed by atoms with Crippen molar-refractivity contribution >= 4 is 17.9 Å². The Morgan fingerprint density at radius 2 is 1.06 bits per heavy atom. The molecule has 0 rings (SSSR count). The Labute approximate surface area is 305 Å². The number of unbranched alkanes of at least 4 members (excludes halogenated alkanes) is 9. The number of allylic oxidation sites excluding steroid dienone is 10. The minimum Gasteiger partial charge on any atom is -0.544 e. The van der Waals surface area contributed by atoms with Crippen molar-refractivity contribution in [1.29, 1.82) is 0 Å². The second kappa shape index (κ2) is 33.2. The number of carboxylic acids is 1. The largest absolute Gasteiger partial charge is 0.544 e. The first kappa shape index (κ1) is 47.0. The predicted molar refractivity (Wildman–Crippen MR) is 203 cm³/mol.